The Balaban J connectivity index is 2.20. The molecule has 2 aromatic rings. The highest BCUT2D eigenvalue weighted by Crippen LogP contribution is 2.41. The molecule has 0 unspecified atom stereocenters. The summed E-state index contributed by atoms with van der Waals surface area (Å²) in [5.74, 6) is -2.75. The molecular formula is C19H19F2NO3S. The van der Waals surface area contributed by atoms with Crippen LogP contribution in [-0.4, -0.2) is 21.4 Å². The van der Waals surface area contributed by atoms with Crippen LogP contribution in [0.3, 0.4) is 0 Å². The number of aromatic nitrogens is 1. The maximum atomic E-state index is 13.8. The van der Waals surface area contributed by atoms with Crippen molar-refractivity contribution in [2.24, 2.45) is 0 Å². The molecular weight excluding hydrogens is 360 g/mol. The van der Waals surface area contributed by atoms with Crippen molar-refractivity contribution in [3.63, 3.8) is 0 Å². The van der Waals surface area contributed by atoms with E-state index in [0.29, 0.717) is 22.6 Å². The van der Waals surface area contributed by atoms with Gasteiger partial charge < -0.3 is 5.11 Å². The van der Waals surface area contributed by atoms with Gasteiger partial charge in [0.1, 0.15) is 6.04 Å². The first-order valence-electron chi connectivity index (χ1n) is 8.53. The predicted octanol–water partition coefficient (Wildman–Crippen LogP) is 4.26. The van der Waals surface area contributed by atoms with E-state index in [1.165, 1.54) is 28.5 Å². The van der Waals surface area contributed by atoms with E-state index in [2.05, 4.69) is 6.92 Å². The number of aryl methyl sites for hydroxylation is 1. The monoisotopic (exact) mass is 379 g/mol. The molecule has 1 atom stereocenters. The first-order chi connectivity index (χ1) is 12.4. The summed E-state index contributed by atoms with van der Waals surface area (Å²) in [6, 6.07) is 4.12. The molecule has 1 aromatic heterocycles. The van der Waals surface area contributed by atoms with Crippen molar-refractivity contribution < 1.29 is 18.7 Å². The van der Waals surface area contributed by atoms with Crippen LogP contribution < -0.4 is 5.56 Å². The third-order valence-electron chi connectivity index (χ3n) is 4.52. The van der Waals surface area contributed by atoms with E-state index in [1.807, 2.05) is 0 Å². The lowest BCUT2D eigenvalue weighted by molar-refractivity contribution is -0.140. The van der Waals surface area contributed by atoms with Crippen LogP contribution in [0.15, 0.2) is 34.1 Å². The quantitative estimate of drug-likeness (QED) is 0.762. The van der Waals surface area contributed by atoms with Gasteiger partial charge in [-0.05, 0) is 36.1 Å². The fourth-order valence-corrected chi connectivity index (χ4v) is 4.58. The summed E-state index contributed by atoms with van der Waals surface area (Å²) >= 11 is 1.27. The van der Waals surface area contributed by atoms with Gasteiger partial charge >= 0.3 is 5.97 Å². The summed E-state index contributed by atoms with van der Waals surface area (Å²) in [4.78, 5) is 24.0. The van der Waals surface area contributed by atoms with Crippen molar-refractivity contribution in [3.8, 4) is 11.1 Å². The fourth-order valence-electron chi connectivity index (χ4n) is 3.22. The normalized spacial score (nSPS) is 15.9. The van der Waals surface area contributed by atoms with Gasteiger partial charge in [0.25, 0.3) is 5.56 Å². The molecule has 0 aliphatic carbocycles. The number of carboxylic acids is 1. The zero-order chi connectivity index (χ0) is 18.8. The Bertz CT molecular complexity index is 910. The minimum absolute atomic E-state index is 0.236. The summed E-state index contributed by atoms with van der Waals surface area (Å²) in [5, 5.41) is 9.90. The molecule has 2 heterocycles. The first-order valence-corrected chi connectivity index (χ1v) is 9.52. The number of hydrogen-bond donors (Lipinski definition) is 1. The molecule has 7 heteroatoms. The molecule has 0 fully saturated rings. The zero-order valence-corrected chi connectivity index (χ0v) is 15.1. The van der Waals surface area contributed by atoms with E-state index in [0.717, 1.165) is 37.0 Å². The number of hydrogen-bond acceptors (Lipinski definition) is 3. The van der Waals surface area contributed by atoms with Gasteiger partial charge in [-0.25, -0.2) is 13.6 Å². The van der Waals surface area contributed by atoms with Crippen LogP contribution in [0.4, 0.5) is 8.78 Å². The van der Waals surface area contributed by atoms with Crippen molar-refractivity contribution in [1.82, 2.24) is 4.57 Å². The molecule has 4 nitrogen and oxygen atoms in total. The third kappa shape index (κ3) is 3.40. The van der Waals surface area contributed by atoms with Crippen molar-refractivity contribution in [2.45, 2.75) is 43.7 Å². The molecule has 1 aromatic carbocycles. The molecule has 26 heavy (non-hydrogen) atoms. The van der Waals surface area contributed by atoms with Gasteiger partial charge in [-0.3, -0.25) is 9.36 Å². The molecule has 0 saturated carbocycles. The predicted molar refractivity (Wildman–Crippen MR) is 96.7 cm³/mol. The van der Waals surface area contributed by atoms with E-state index in [1.54, 1.807) is 0 Å². The molecule has 1 aliphatic heterocycles. The Morgan fingerprint density at radius 2 is 2.04 bits per heavy atom. The average molecular weight is 379 g/mol. The highest BCUT2D eigenvalue weighted by Gasteiger charge is 2.33. The topological polar surface area (TPSA) is 59.3 Å². The van der Waals surface area contributed by atoms with Crippen molar-refractivity contribution >= 4 is 17.7 Å². The van der Waals surface area contributed by atoms with Crippen LogP contribution in [0, 0.1) is 11.6 Å². The van der Waals surface area contributed by atoms with Gasteiger partial charge in [-0.1, -0.05) is 25.8 Å². The number of halogens is 2. The van der Waals surface area contributed by atoms with E-state index >= 15 is 0 Å². The highest BCUT2D eigenvalue weighted by atomic mass is 32.2. The minimum Gasteiger partial charge on any atom is -0.480 e. The Morgan fingerprint density at radius 3 is 2.69 bits per heavy atom. The van der Waals surface area contributed by atoms with Gasteiger partial charge in [0.2, 0.25) is 0 Å². The number of nitrogens with zero attached hydrogens (tertiary/aromatic N) is 1. The molecule has 1 N–H and O–H groups in total. The molecule has 0 bridgehead atoms. The Hall–Kier alpha value is -2.15. The Kier molecular flexibility index (Phi) is 5.46. The second-order valence-corrected chi connectivity index (χ2v) is 7.32. The number of fused-ring (bicyclic) bond motifs is 1. The van der Waals surface area contributed by atoms with Gasteiger partial charge in [0.05, 0.1) is 5.03 Å². The second kappa shape index (κ2) is 7.61. The van der Waals surface area contributed by atoms with E-state index < -0.39 is 23.6 Å². The number of carboxylic acid groups (broad SMARTS) is 1. The molecule has 0 radical (unpaired) electrons. The second-order valence-electron chi connectivity index (χ2n) is 6.31. The standard InChI is InChI=1S/C19H19F2NO3S/c1-2-3-4-5-11-9-16(23)22-15(19(24)25)10-26-18(22)17(11)12-6-7-13(20)14(21)8-12/h6-9,15H,2-5,10H2,1H3,(H,24,25)/t15-/m0/s1. The minimum atomic E-state index is -1.08. The first kappa shape index (κ1) is 18.6. The Labute approximate surface area is 153 Å². The molecule has 0 amide bonds. The molecule has 3 rings (SSSR count). The summed E-state index contributed by atoms with van der Waals surface area (Å²) in [5.41, 5.74) is 1.47. The van der Waals surface area contributed by atoms with Crippen LogP contribution in [0.1, 0.15) is 37.8 Å². The molecule has 0 spiro atoms. The number of carbonyl (C=O) groups is 1. The number of aliphatic carboxylic acids is 1. The maximum absolute atomic E-state index is 13.8. The smallest absolute Gasteiger partial charge is 0.327 e. The number of unbranched alkanes of at least 4 members (excludes halogenated alkanes) is 2. The van der Waals surface area contributed by atoms with Crippen LogP contribution >= 0.6 is 11.8 Å². The number of benzene rings is 1. The summed E-state index contributed by atoms with van der Waals surface area (Å²) in [7, 11) is 0. The lowest BCUT2D eigenvalue weighted by atomic mass is 9.97. The lowest BCUT2D eigenvalue weighted by Gasteiger charge is -2.17. The summed E-state index contributed by atoms with van der Waals surface area (Å²) in [6.45, 7) is 2.07. The van der Waals surface area contributed by atoms with Crippen molar-refractivity contribution in [3.05, 3.63) is 51.8 Å². The SMILES string of the molecule is CCCCCc1cc(=O)n2c(c1-c1ccc(F)c(F)c1)SC[C@H]2C(=O)O. The van der Waals surface area contributed by atoms with Crippen LogP contribution in [0.2, 0.25) is 0 Å². The van der Waals surface area contributed by atoms with Gasteiger partial charge in [-0.2, -0.15) is 0 Å². The largest absolute Gasteiger partial charge is 0.480 e. The van der Waals surface area contributed by atoms with E-state index in [4.69, 9.17) is 0 Å². The summed E-state index contributed by atoms with van der Waals surface area (Å²) in [6.07, 6.45) is 3.49. The number of pyridine rings is 1. The molecule has 1 aliphatic rings. The van der Waals surface area contributed by atoms with Gasteiger partial charge in [0.15, 0.2) is 11.6 Å². The summed E-state index contributed by atoms with van der Waals surface area (Å²) < 4.78 is 28.4. The van der Waals surface area contributed by atoms with Gasteiger partial charge in [-0.15, -0.1) is 11.8 Å². The number of thioether (sulfide) groups is 1. The number of rotatable bonds is 6. The van der Waals surface area contributed by atoms with Gasteiger partial charge in [0, 0.05) is 17.4 Å². The van der Waals surface area contributed by atoms with Crippen LogP contribution in [-0.2, 0) is 11.2 Å². The lowest BCUT2D eigenvalue weighted by Crippen LogP contribution is -2.29. The van der Waals surface area contributed by atoms with Crippen LogP contribution in [0.5, 0.6) is 0 Å². The third-order valence-corrected chi connectivity index (χ3v) is 5.68. The molecule has 138 valence electrons. The van der Waals surface area contributed by atoms with E-state index in [-0.39, 0.29) is 11.3 Å². The van der Waals surface area contributed by atoms with Crippen molar-refractivity contribution in [2.75, 3.05) is 5.75 Å². The van der Waals surface area contributed by atoms with E-state index in [9.17, 15) is 23.5 Å². The zero-order valence-electron chi connectivity index (χ0n) is 14.3. The fraction of sp³-hybridized carbons (Fsp3) is 0.368. The maximum Gasteiger partial charge on any atom is 0.327 e. The highest BCUT2D eigenvalue weighted by molar-refractivity contribution is 7.99. The van der Waals surface area contributed by atoms with Crippen LogP contribution in [0.25, 0.3) is 11.1 Å². The van der Waals surface area contributed by atoms with Crippen molar-refractivity contribution in [1.29, 1.82) is 0 Å². The average Bonchev–Trinajstić information content (AvgIpc) is 3.04. The Morgan fingerprint density at radius 1 is 1.27 bits per heavy atom. The molecule has 0 saturated heterocycles.